The highest BCUT2D eigenvalue weighted by Crippen LogP contribution is 2.37. The first-order chi connectivity index (χ1) is 12.3. The van der Waals surface area contributed by atoms with Gasteiger partial charge in [0.15, 0.2) is 0 Å². The minimum atomic E-state index is 0.489. The average molecular weight is 336 g/mol. The Morgan fingerprint density at radius 2 is 1.76 bits per heavy atom. The third kappa shape index (κ3) is 3.70. The predicted molar refractivity (Wildman–Crippen MR) is 103 cm³/mol. The summed E-state index contributed by atoms with van der Waals surface area (Å²) in [6.45, 7) is 6.60. The molecule has 132 valence electrons. The summed E-state index contributed by atoms with van der Waals surface area (Å²) in [7, 11) is 2.20. The van der Waals surface area contributed by atoms with Crippen molar-refractivity contribution in [2.45, 2.75) is 25.4 Å². The molecule has 0 saturated carbocycles. The second-order valence-corrected chi connectivity index (χ2v) is 7.32. The van der Waals surface area contributed by atoms with E-state index in [4.69, 9.17) is 4.98 Å². The van der Waals surface area contributed by atoms with Gasteiger partial charge in [-0.1, -0.05) is 36.4 Å². The largest absolute Gasteiger partial charge is 0.354 e. The molecule has 2 fully saturated rings. The van der Waals surface area contributed by atoms with Crippen molar-refractivity contribution in [3.63, 3.8) is 0 Å². The molecule has 0 spiro atoms. The van der Waals surface area contributed by atoms with Crippen LogP contribution in [-0.4, -0.2) is 54.6 Å². The van der Waals surface area contributed by atoms with E-state index in [-0.39, 0.29) is 0 Å². The molecule has 2 aliphatic heterocycles. The van der Waals surface area contributed by atoms with Crippen LogP contribution in [0.25, 0.3) is 0 Å². The molecule has 1 aromatic heterocycles. The van der Waals surface area contributed by atoms with Crippen LogP contribution in [0.5, 0.6) is 0 Å². The molecule has 1 unspecified atom stereocenters. The molecule has 0 N–H and O–H groups in total. The zero-order chi connectivity index (χ0) is 17.1. The summed E-state index contributed by atoms with van der Waals surface area (Å²) in [5.74, 6) is 1.21. The lowest BCUT2D eigenvalue weighted by Crippen LogP contribution is -2.45. The van der Waals surface area contributed by atoms with E-state index < -0.39 is 0 Å². The zero-order valence-corrected chi connectivity index (χ0v) is 15.1. The first kappa shape index (κ1) is 16.6. The van der Waals surface area contributed by atoms with Gasteiger partial charge in [0.1, 0.15) is 5.82 Å². The number of benzene rings is 1. The number of piperazine rings is 1. The van der Waals surface area contributed by atoms with Crippen LogP contribution in [0.15, 0.2) is 48.7 Å². The van der Waals surface area contributed by atoms with Gasteiger partial charge < -0.3 is 9.80 Å². The molecule has 2 aromatic rings. The number of likely N-dealkylation sites (N-methyl/N-ethyl adjacent to an activating group) is 1. The fourth-order valence-electron chi connectivity index (χ4n) is 4.14. The number of likely N-dealkylation sites (tertiary alicyclic amines) is 1. The lowest BCUT2D eigenvalue weighted by molar-refractivity contribution is 0.247. The van der Waals surface area contributed by atoms with Crippen molar-refractivity contribution in [2.75, 3.05) is 44.7 Å². The van der Waals surface area contributed by atoms with E-state index in [1.54, 1.807) is 0 Å². The molecular formula is C21H28N4. The second kappa shape index (κ2) is 7.54. The monoisotopic (exact) mass is 336 g/mol. The first-order valence-corrected chi connectivity index (χ1v) is 9.47. The fraction of sp³-hybridized carbons (Fsp3) is 0.476. The summed E-state index contributed by atoms with van der Waals surface area (Å²) in [5.41, 5.74) is 2.82. The zero-order valence-electron chi connectivity index (χ0n) is 15.1. The Hall–Kier alpha value is -1.91. The van der Waals surface area contributed by atoms with Crippen LogP contribution in [0.1, 0.15) is 30.0 Å². The van der Waals surface area contributed by atoms with Crippen molar-refractivity contribution in [1.29, 1.82) is 0 Å². The molecule has 3 heterocycles. The Labute approximate surface area is 151 Å². The van der Waals surface area contributed by atoms with E-state index in [0.717, 1.165) is 32.7 Å². The van der Waals surface area contributed by atoms with Gasteiger partial charge in [-0.05, 0) is 38.1 Å². The lowest BCUT2D eigenvalue weighted by atomic mass is 10.0. The third-order valence-corrected chi connectivity index (χ3v) is 5.57. The van der Waals surface area contributed by atoms with Crippen LogP contribution in [0, 0.1) is 0 Å². The van der Waals surface area contributed by atoms with Gasteiger partial charge in [-0.25, -0.2) is 4.98 Å². The van der Waals surface area contributed by atoms with E-state index >= 15 is 0 Å². The molecule has 1 aromatic carbocycles. The molecule has 25 heavy (non-hydrogen) atoms. The van der Waals surface area contributed by atoms with E-state index in [1.807, 2.05) is 6.20 Å². The van der Waals surface area contributed by atoms with E-state index in [9.17, 15) is 0 Å². The van der Waals surface area contributed by atoms with Crippen LogP contribution in [0.3, 0.4) is 0 Å². The number of nitrogens with zero attached hydrogens (tertiary/aromatic N) is 4. The molecule has 0 radical (unpaired) electrons. The number of hydrogen-bond acceptors (Lipinski definition) is 4. The number of pyridine rings is 1. The molecular weight excluding hydrogens is 308 g/mol. The van der Waals surface area contributed by atoms with Crippen LogP contribution in [0.2, 0.25) is 0 Å². The van der Waals surface area contributed by atoms with Crippen molar-refractivity contribution in [3.8, 4) is 0 Å². The second-order valence-electron chi connectivity index (χ2n) is 7.32. The Morgan fingerprint density at radius 1 is 0.960 bits per heavy atom. The highest BCUT2D eigenvalue weighted by Gasteiger charge is 2.30. The maximum Gasteiger partial charge on any atom is 0.133 e. The number of aromatic nitrogens is 1. The lowest BCUT2D eigenvalue weighted by Gasteiger charge is -2.36. The molecule has 4 nitrogen and oxygen atoms in total. The Balaban J connectivity index is 1.56. The highest BCUT2D eigenvalue weighted by atomic mass is 15.3. The Bertz CT molecular complexity index is 679. The fourth-order valence-corrected chi connectivity index (χ4v) is 4.14. The number of anilines is 1. The van der Waals surface area contributed by atoms with Crippen molar-refractivity contribution in [1.82, 2.24) is 14.8 Å². The van der Waals surface area contributed by atoms with E-state index in [1.165, 1.54) is 36.3 Å². The van der Waals surface area contributed by atoms with Crippen molar-refractivity contribution < 1.29 is 0 Å². The Morgan fingerprint density at radius 3 is 2.56 bits per heavy atom. The van der Waals surface area contributed by atoms with Crippen molar-refractivity contribution >= 4 is 5.82 Å². The van der Waals surface area contributed by atoms with Gasteiger partial charge in [-0.2, -0.15) is 0 Å². The molecule has 4 heteroatoms. The van der Waals surface area contributed by atoms with E-state index in [2.05, 4.69) is 64.2 Å². The minimum Gasteiger partial charge on any atom is -0.354 e. The van der Waals surface area contributed by atoms with Crippen molar-refractivity contribution in [2.24, 2.45) is 0 Å². The normalized spacial score (nSPS) is 22.4. The summed E-state index contributed by atoms with van der Waals surface area (Å²) in [5, 5.41) is 0. The molecule has 0 amide bonds. The summed E-state index contributed by atoms with van der Waals surface area (Å²) >= 11 is 0. The number of hydrogen-bond donors (Lipinski definition) is 0. The van der Waals surface area contributed by atoms with Gasteiger partial charge >= 0.3 is 0 Å². The van der Waals surface area contributed by atoms with Crippen molar-refractivity contribution in [3.05, 3.63) is 59.8 Å². The topological polar surface area (TPSA) is 22.6 Å². The molecule has 2 saturated heterocycles. The SMILES string of the molecule is CN1CCN(c2ncccc2C2CCCN2Cc2ccccc2)CC1. The van der Waals surface area contributed by atoms with E-state index in [0.29, 0.717) is 6.04 Å². The molecule has 0 aliphatic carbocycles. The molecule has 0 bridgehead atoms. The van der Waals surface area contributed by atoms with Gasteiger partial charge in [-0.15, -0.1) is 0 Å². The number of rotatable bonds is 4. The van der Waals surface area contributed by atoms with Crippen LogP contribution in [-0.2, 0) is 6.54 Å². The standard InChI is InChI=1S/C21H28N4/c1-23-13-15-24(16-14-23)21-19(9-5-11-22-21)20-10-6-12-25(20)17-18-7-3-2-4-8-18/h2-5,7-9,11,20H,6,10,12-17H2,1H3. The highest BCUT2D eigenvalue weighted by molar-refractivity contribution is 5.49. The summed E-state index contributed by atoms with van der Waals surface area (Å²) in [6, 6.07) is 15.7. The average Bonchev–Trinajstić information content (AvgIpc) is 3.11. The predicted octanol–water partition coefficient (Wildman–Crippen LogP) is 3.17. The molecule has 4 rings (SSSR count). The quantitative estimate of drug-likeness (QED) is 0.855. The first-order valence-electron chi connectivity index (χ1n) is 9.47. The van der Waals surface area contributed by atoms with Gasteiger partial charge in [0, 0.05) is 50.5 Å². The van der Waals surface area contributed by atoms with Crippen LogP contribution in [0.4, 0.5) is 5.82 Å². The molecule has 1 atom stereocenters. The van der Waals surface area contributed by atoms with Gasteiger partial charge in [0.2, 0.25) is 0 Å². The maximum absolute atomic E-state index is 4.79. The van der Waals surface area contributed by atoms with Crippen LogP contribution < -0.4 is 4.90 Å². The van der Waals surface area contributed by atoms with Gasteiger partial charge in [0.05, 0.1) is 0 Å². The summed E-state index contributed by atoms with van der Waals surface area (Å²) in [4.78, 5) is 12.3. The van der Waals surface area contributed by atoms with Gasteiger partial charge in [-0.3, -0.25) is 4.90 Å². The summed E-state index contributed by atoms with van der Waals surface area (Å²) < 4.78 is 0. The van der Waals surface area contributed by atoms with Crippen LogP contribution >= 0.6 is 0 Å². The minimum absolute atomic E-state index is 0.489. The Kier molecular flexibility index (Phi) is 4.99. The smallest absolute Gasteiger partial charge is 0.133 e. The third-order valence-electron chi connectivity index (χ3n) is 5.57. The van der Waals surface area contributed by atoms with Gasteiger partial charge in [0.25, 0.3) is 0 Å². The molecule has 2 aliphatic rings. The maximum atomic E-state index is 4.79. The summed E-state index contributed by atoms with van der Waals surface area (Å²) in [6.07, 6.45) is 4.46.